The molecule has 0 aliphatic heterocycles. The van der Waals surface area contributed by atoms with Gasteiger partial charge >= 0.3 is 5.97 Å². The number of carbonyl (C=O) groups excluding carboxylic acids is 1. The molecule has 0 radical (unpaired) electrons. The standard InChI is InChI=1S/C11H13NO4/c1-3-15-11-6-9(7-12-14)4-5-10(11)16-8(2)13/h4-7,14H,3H2,1-2H3/b12-7+. The summed E-state index contributed by atoms with van der Waals surface area (Å²) in [5, 5.41) is 11.3. The van der Waals surface area contributed by atoms with Crippen molar-refractivity contribution in [2.45, 2.75) is 13.8 Å². The van der Waals surface area contributed by atoms with Gasteiger partial charge in [-0.2, -0.15) is 0 Å². The van der Waals surface area contributed by atoms with Gasteiger partial charge in [-0.3, -0.25) is 4.79 Å². The molecule has 0 aromatic heterocycles. The zero-order valence-electron chi connectivity index (χ0n) is 9.14. The van der Waals surface area contributed by atoms with Gasteiger partial charge < -0.3 is 14.7 Å². The smallest absolute Gasteiger partial charge is 0.308 e. The highest BCUT2D eigenvalue weighted by atomic mass is 16.6. The molecule has 0 aliphatic rings. The predicted octanol–water partition coefficient (Wildman–Crippen LogP) is 1.82. The summed E-state index contributed by atoms with van der Waals surface area (Å²) in [7, 11) is 0. The largest absolute Gasteiger partial charge is 0.490 e. The number of esters is 1. The topological polar surface area (TPSA) is 68.1 Å². The average Bonchev–Trinajstić information content (AvgIpc) is 2.22. The number of nitrogens with zero attached hydrogens (tertiary/aromatic N) is 1. The highest BCUT2D eigenvalue weighted by molar-refractivity contribution is 5.81. The fraction of sp³-hybridized carbons (Fsp3) is 0.273. The molecule has 0 spiro atoms. The number of hydrogen-bond acceptors (Lipinski definition) is 5. The summed E-state index contributed by atoms with van der Waals surface area (Å²) < 4.78 is 10.3. The molecule has 0 amide bonds. The van der Waals surface area contributed by atoms with Crippen LogP contribution in [0, 0.1) is 0 Å². The highest BCUT2D eigenvalue weighted by Gasteiger charge is 2.07. The molecule has 0 unspecified atom stereocenters. The molecule has 0 aliphatic carbocycles. The first-order valence-corrected chi connectivity index (χ1v) is 4.80. The second-order valence-electron chi connectivity index (χ2n) is 2.98. The third kappa shape index (κ3) is 3.27. The van der Waals surface area contributed by atoms with Crippen LogP contribution in [0.4, 0.5) is 0 Å². The molecule has 86 valence electrons. The molecule has 1 aromatic rings. The number of hydrogen-bond donors (Lipinski definition) is 1. The van der Waals surface area contributed by atoms with E-state index in [0.29, 0.717) is 23.7 Å². The lowest BCUT2D eigenvalue weighted by atomic mass is 10.2. The Morgan fingerprint density at radius 1 is 1.50 bits per heavy atom. The van der Waals surface area contributed by atoms with Gasteiger partial charge in [-0.1, -0.05) is 5.16 Å². The van der Waals surface area contributed by atoms with E-state index in [0.717, 1.165) is 0 Å². The Morgan fingerprint density at radius 2 is 2.25 bits per heavy atom. The average molecular weight is 223 g/mol. The number of carbonyl (C=O) groups is 1. The molecular formula is C11H13NO4. The third-order valence-electron chi connectivity index (χ3n) is 1.73. The molecule has 1 N–H and O–H groups in total. The third-order valence-corrected chi connectivity index (χ3v) is 1.73. The minimum atomic E-state index is -0.412. The van der Waals surface area contributed by atoms with Crippen LogP contribution in [0.2, 0.25) is 0 Å². The van der Waals surface area contributed by atoms with E-state index in [1.807, 2.05) is 6.92 Å². The molecule has 0 bridgehead atoms. The molecule has 5 heteroatoms. The predicted molar refractivity (Wildman–Crippen MR) is 58.3 cm³/mol. The minimum Gasteiger partial charge on any atom is -0.490 e. The van der Waals surface area contributed by atoms with Gasteiger partial charge in [0.1, 0.15) is 0 Å². The monoisotopic (exact) mass is 223 g/mol. The SMILES string of the molecule is CCOc1cc(/C=N/O)ccc1OC(C)=O. The summed E-state index contributed by atoms with van der Waals surface area (Å²) in [6, 6.07) is 4.87. The molecule has 1 rings (SSSR count). The molecule has 1 aromatic carbocycles. The fourth-order valence-corrected chi connectivity index (χ4v) is 1.18. The Kier molecular flexibility index (Phi) is 4.32. The van der Waals surface area contributed by atoms with Crippen LogP contribution in [0.3, 0.4) is 0 Å². The molecule has 0 atom stereocenters. The molecule has 0 saturated carbocycles. The summed E-state index contributed by atoms with van der Waals surface area (Å²) >= 11 is 0. The molecule has 16 heavy (non-hydrogen) atoms. The van der Waals surface area contributed by atoms with E-state index in [1.165, 1.54) is 13.1 Å². The summed E-state index contributed by atoms with van der Waals surface area (Å²) in [6.45, 7) is 3.59. The lowest BCUT2D eigenvalue weighted by Gasteiger charge is -2.09. The molecule has 0 heterocycles. The van der Waals surface area contributed by atoms with E-state index in [1.54, 1.807) is 18.2 Å². The summed E-state index contributed by atoms with van der Waals surface area (Å²) in [5.74, 6) is 0.379. The summed E-state index contributed by atoms with van der Waals surface area (Å²) in [4.78, 5) is 10.8. The van der Waals surface area contributed by atoms with Crippen molar-refractivity contribution in [1.82, 2.24) is 0 Å². The molecular weight excluding hydrogens is 210 g/mol. The molecule has 0 saturated heterocycles. The number of benzene rings is 1. The lowest BCUT2D eigenvalue weighted by Crippen LogP contribution is -2.04. The molecule has 0 fully saturated rings. The maximum Gasteiger partial charge on any atom is 0.308 e. The van der Waals surface area contributed by atoms with Crippen LogP contribution >= 0.6 is 0 Å². The van der Waals surface area contributed by atoms with Crippen molar-refractivity contribution in [2.24, 2.45) is 5.16 Å². The fourth-order valence-electron chi connectivity index (χ4n) is 1.18. The van der Waals surface area contributed by atoms with E-state index in [-0.39, 0.29) is 0 Å². The first-order valence-electron chi connectivity index (χ1n) is 4.80. The first-order chi connectivity index (χ1) is 7.67. The van der Waals surface area contributed by atoms with E-state index >= 15 is 0 Å². The Bertz CT molecular complexity index is 401. The molecule has 5 nitrogen and oxygen atoms in total. The number of ether oxygens (including phenoxy) is 2. The van der Waals surface area contributed by atoms with Gasteiger partial charge in [-0.15, -0.1) is 0 Å². The Balaban J connectivity index is 3.03. The second kappa shape index (κ2) is 5.75. The Hall–Kier alpha value is -2.04. The van der Waals surface area contributed by atoms with Gasteiger partial charge in [0.25, 0.3) is 0 Å². The van der Waals surface area contributed by atoms with E-state index < -0.39 is 5.97 Å². The maximum atomic E-state index is 10.8. The first kappa shape index (κ1) is 12.0. The van der Waals surface area contributed by atoms with Crippen molar-refractivity contribution in [3.8, 4) is 11.5 Å². The number of rotatable bonds is 4. The van der Waals surface area contributed by atoms with Crippen LogP contribution in [0.15, 0.2) is 23.4 Å². The second-order valence-corrected chi connectivity index (χ2v) is 2.98. The van der Waals surface area contributed by atoms with Crippen LogP contribution < -0.4 is 9.47 Å². The van der Waals surface area contributed by atoms with Crippen LogP contribution in [-0.2, 0) is 4.79 Å². The van der Waals surface area contributed by atoms with Crippen LogP contribution in [0.1, 0.15) is 19.4 Å². The Morgan fingerprint density at radius 3 is 2.81 bits per heavy atom. The quantitative estimate of drug-likeness (QED) is 0.278. The zero-order valence-corrected chi connectivity index (χ0v) is 9.14. The van der Waals surface area contributed by atoms with Crippen LogP contribution in [0.25, 0.3) is 0 Å². The van der Waals surface area contributed by atoms with Crippen LogP contribution in [-0.4, -0.2) is 24.0 Å². The van der Waals surface area contributed by atoms with E-state index in [4.69, 9.17) is 14.7 Å². The van der Waals surface area contributed by atoms with Crippen molar-refractivity contribution in [3.05, 3.63) is 23.8 Å². The van der Waals surface area contributed by atoms with Gasteiger partial charge in [-0.05, 0) is 25.1 Å². The van der Waals surface area contributed by atoms with Gasteiger partial charge in [-0.25, -0.2) is 0 Å². The number of oxime groups is 1. The normalized spacial score (nSPS) is 10.4. The highest BCUT2D eigenvalue weighted by Crippen LogP contribution is 2.28. The van der Waals surface area contributed by atoms with Crippen molar-refractivity contribution in [1.29, 1.82) is 0 Å². The lowest BCUT2D eigenvalue weighted by molar-refractivity contribution is -0.132. The van der Waals surface area contributed by atoms with Crippen molar-refractivity contribution in [2.75, 3.05) is 6.61 Å². The summed E-state index contributed by atoms with van der Waals surface area (Å²) in [5.41, 5.74) is 0.654. The van der Waals surface area contributed by atoms with Crippen LogP contribution in [0.5, 0.6) is 11.5 Å². The summed E-state index contributed by atoms with van der Waals surface area (Å²) in [6.07, 6.45) is 1.26. The van der Waals surface area contributed by atoms with Gasteiger partial charge in [0, 0.05) is 12.5 Å². The van der Waals surface area contributed by atoms with Crippen molar-refractivity contribution >= 4 is 12.2 Å². The van der Waals surface area contributed by atoms with Gasteiger partial charge in [0.05, 0.1) is 12.8 Å². The Labute approximate surface area is 93.3 Å². The van der Waals surface area contributed by atoms with Gasteiger partial charge in [0.15, 0.2) is 11.5 Å². The van der Waals surface area contributed by atoms with E-state index in [9.17, 15) is 4.79 Å². The van der Waals surface area contributed by atoms with E-state index in [2.05, 4.69) is 5.16 Å². The maximum absolute atomic E-state index is 10.8. The van der Waals surface area contributed by atoms with Crippen molar-refractivity contribution < 1.29 is 19.5 Å². The van der Waals surface area contributed by atoms with Gasteiger partial charge in [0.2, 0.25) is 0 Å². The van der Waals surface area contributed by atoms with Crippen molar-refractivity contribution in [3.63, 3.8) is 0 Å². The minimum absolute atomic E-state index is 0.351. The zero-order chi connectivity index (χ0) is 12.0.